The zero-order valence-corrected chi connectivity index (χ0v) is 18.9. The number of rotatable bonds is 3. The van der Waals surface area contributed by atoms with E-state index in [4.69, 9.17) is 23.2 Å². The molecular weight excluding hydrogens is 433 g/mol. The van der Waals surface area contributed by atoms with Crippen molar-refractivity contribution in [3.05, 3.63) is 69.7 Å². The average Bonchev–Trinajstić information content (AvgIpc) is 2.75. The summed E-state index contributed by atoms with van der Waals surface area (Å²) in [5, 5.41) is 12.6. The summed E-state index contributed by atoms with van der Waals surface area (Å²) in [6.45, 7) is 6.72. The minimum atomic E-state index is -0.172. The van der Waals surface area contributed by atoms with E-state index in [1.807, 2.05) is 12.1 Å². The molecule has 1 fully saturated rings. The molecule has 0 atom stereocenters. The van der Waals surface area contributed by atoms with E-state index in [2.05, 4.69) is 52.5 Å². The fourth-order valence-electron chi connectivity index (χ4n) is 3.52. The van der Waals surface area contributed by atoms with Crippen molar-refractivity contribution in [2.45, 2.75) is 13.8 Å². The van der Waals surface area contributed by atoms with Gasteiger partial charge in [-0.3, -0.25) is 0 Å². The Hall–Kier alpha value is -2.83. The Labute approximate surface area is 191 Å². The van der Waals surface area contributed by atoms with Crippen LogP contribution >= 0.6 is 23.2 Å². The van der Waals surface area contributed by atoms with Crippen LogP contribution in [-0.2, 0) is 0 Å². The van der Waals surface area contributed by atoms with Crippen molar-refractivity contribution in [1.82, 2.24) is 15.1 Å². The molecule has 6 nitrogen and oxygen atoms in total. The van der Waals surface area contributed by atoms with Crippen molar-refractivity contribution >= 4 is 40.7 Å². The number of urea groups is 1. The number of halogens is 2. The van der Waals surface area contributed by atoms with Crippen LogP contribution in [0, 0.1) is 13.8 Å². The number of benzene rings is 2. The van der Waals surface area contributed by atoms with E-state index in [9.17, 15) is 4.79 Å². The summed E-state index contributed by atoms with van der Waals surface area (Å²) in [6.07, 6.45) is 0. The van der Waals surface area contributed by atoms with Crippen molar-refractivity contribution in [2.24, 2.45) is 0 Å². The van der Waals surface area contributed by atoms with E-state index < -0.39 is 0 Å². The molecule has 1 aromatic heterocycles. The first-order valence-corrected chi connectivity index (χ1v) is 10.8. The van der Waals surface area contributed by atoms with E-state index in [0.29, 0.717) is 41.9 Å². The van der Waals surface area contributed by atoms with Crippen molar-refractivity contribution in [3.63, 3.8) is 0 Å². The predicted molar refractivity (Wildman–Crippen MR) is 126 cm³/mol. The van der Waals surface area contributed by atoms with Gasteiger partial charge in [0.2, 0.25) is 0 Å². The number of hydrogen-bond acceptors (Lipinski definition) is 4. The normalized spacial score (nSPS) is 13.9. The number of aryl methyl sites for hydroxylation is 2. The van der Waals surface area contributed by atoms with E-state index in [0.717, 1.165) is 17.1 Å². The molecule has 4 rings (SSSR count). The minimum Gasteiger partial charge on any atom is -0.352 e. The van der Waals surface area contributed by atoms with E-state index in [1.54, 1.807) is 23.1 Å². The molecular formula is C23H23Cl2N5O. The molecule has 1 N–H and O–H groups in total. The fraction of sp³-hybridized carbons (Fsp3) is 0.261. The summed E-state index contributed by atoms with van der Waals surface area (Å²) in [7, 11) is 0. The van der Waals surface area contributed by atoms with Gasteiger partial charge in [-0.25, -0.2) is 4.79 Å². The van der Waals surface area contributed by atoms with Crippen LogP contribution in [0.1, 0.15) is 11.1 Å². The summed E-state index contributed by atoms with van der Waals surface area (Å²) in [4.78, 5) is 16.5. The summed E-state index contributed by atoms with van der Waals surface area (Å²) in [5.41, 5.74) is 4.99. The van der Waals surface area contributed by atoms with Crippen LogP contribution in [0.4, 0.5) is 16.3 Å². The van der Waals surface area contributed by atoms with Gasteiger partial charge in [-0.1, -0.05) is 35.3 Å². The maximum atomic E-state index is 12.6. The molecule has 3 aromatic rings. The van der Waals surface area contributed by atoms with Gasteiger partial charge in [0.25, 0.3) is 0 Å². The molecule has 0 unspecified atom stereocenters. The highest BCUT2D eigenvalue weighted by Gasteiger charge is 2.22. The second kappa shape index (κ2) is 9.12. The number of piperazine rings is 1. The van der Waals surface area contributed by atoms with E-state index in [1.165, 1.54) is 11.1 Å². The summed E-state index contributed by atoms with van der Waals surface area (Å²) < 4.78 is 0. The lowest BCUT2D eigenvalue weighted by Gasteiger charge is -2.35. The summed E-state index contributed by atoms with van der Waals surface area (Å²) in [6, 6.07) is 15.1. The van der Waals surface area contributed by atoms with Crippen LogP contribution in [0.2, 0.25) is 10.0 Å². The number of nitrogens with one attached hydrogen (secondary N) is 1. The van der Waals surface area contributed by atoms with Gasteiger partial charge in [-0.15, -0.1) is 10.2 Å². The van der Waals surface area contributed by atoms with Crippen molar-refractivity contribution in [2.75, 3.05) is 36.4 Å². The third-order valence-electron chi connectivity index (χ3n) is 5.46. The highest BCUT2D eigenvalue weighted by atomic mass is 35.5. The van der Waals surface area contributed by atoms with E-state index in [-0.39, 0.29) is 6.03 Å². The minimum absolute atomic E-state index is 0.172. The Balaban J connectivity index is 1.36. The smallest absolute Gasteiger partial charge is 0.321 e. The molecule has 0 spiro atoms. The number of nitrogens with zero attached hydrogens (tertiary/aromatic N) is 4. The predicted octanol–water partition coefficient (Wildman–Crippen LogP) is 5.42. The maximum absolute atomic E-state index is 12.6. The van der Waals surface area contributed by atoms with Gasteiger partial charge in [0.1, 0.15) is 0 Å². The molecule has 2 heterocycles. The fourth-order valence-corrected chi connectivity index (χ4v) is 4.04. The molecule has 0 radical (unpaired) electrons. The number of amides is 2. The van der Waals surface area contributed by atoms with Crippen LogP contribution in [0.25, 0.3) is 11.3 Å². The van der Waals surface area contributed by atoms with E-state index >= 15 is 0 Å². The lowest BCUT2D eigenvalue weighted by atomic mass is 10.0. The molecule has 0 saturated carbocycles. The lowest BCUT2D eigenvalue weighted by Crippen LogP contribution is -2.50. The molecule has 0 aliphatic carbocycles. The summed E-state index contributed by atoms with van der Waals surface area (Å²) in [5.74, 6) is 0.814. The molecule has 0 bridgehead atoms. The molecule has 8 heteroatoms. The molecule has 1 saturated heterocycles. The average molecular weight is 456 g/mol. The number of aromatic nitrogens is 2. The van der Waals surface area contributed by atoms with Gasteiger partial charge in [0.05, 0.1) is 5.69 Å². The molecule has 1 aliphatic rings. The Morgan fingerprint density at radius 3 is 2.19 bits per heavy atom. The van der Waals surface area contributed by atoms with Crippen LogP contribution < -0.4 is 10.2 Å². The SMILES string of the molecule is Cc1ccc(-c2ccc(N3CCN(C(=O)Nc4cc(Cl)cc(Cl)c4)CC3)nn2)cc1C. The standard InChI is InChI=1S/C23H23Cl2N5O/c1-15-3-4-17(11-16(15)2)21-5-6-22(28-27-21)29-7-9-30(10-8-29)23(31)26-20-13-18(24)12-19(25)14-20/h3-6,11-14H,7-10H2,1-2H3,(H,26,31). The zero-order valence-electron chi connectivity index (χ0n) is 17.4. The highest BCUT2D eigenvalue weighted by molar-refractivity contribution is 6.35. The van der Waals surface area contributed by atoms with Gasteiger partial charge in [-0.2, -0.15) is 0 Å². The first-order valence-electron chi connectivity index (χ1n) is 10.1. The third kappa shape index (κ3) is 5.09. The van der Waals surface area contributed by atoms with Crippen LogP contribution in [-0.4, -0.2) is 47.3 Å². The summed E-state index contributed by atoms with van der Waals surface area (Å²) >= 11 is 12.0. The largest absolute Gasteiger partial charge is 0.352 e. The Morgan fingerprint density at radius 2 is 1.58 bits per heavy atom. The molecule has 31 heavy (non-hydrogen) atoms. The maximum Gasteiger partial charge on any atom is 0.321 e. The topological polar surface area (TPSA) is 61.4 Å². The van der Waals surface area contributed by atoms with Gasteiger partial charge in [-0.05, 0) is 61.4 Å². The molecule has 2 amide bonds. The zero-order chi connectivity index (χ0) is 22.0. The van der Waals surface area contributed by atoms with Crippen molar-refractivity contribution < 1.29 is 4.79 Å². The number of hydrogen-bond donors (Lipinski definition) is 1. The first-order chi connectivity index (χ1) is 14.9. The van der Waals surface area contributed by atoms with Crippen molar-refractivity contribution in [1.29, 1.82) is 0 Å². The Kier molecular flexibility index (Phi) is 6.30. The molecule has 1 aliphatic heterocycles. The first kappa shape index (κ1) is 21.4. The molecule has 2 aromatic carbocycles. The highest BCUT2D eigenvalue weighted by Crippen LogP contribution is 2.24. The second-order valence-corrected chi connectivity index (χ2v) is 8.51. The van der Waals surface area contributed by atoms with Crippen LogP contribution in [0.15, 0.2) is 48.5 Å². The number of carbonyl (C=O) groups is 1. The Bertz CT molecular complexity index is 1080. The van der Waals surface area contributed by atoms with Gasteiger partial charge < -0.3 is 15.1 Å². The number of anilines is 2. The van der Waals surface area contributed by atoms with Crippen molar-refractivity contribution in [3.8, 4) is 11.3 Å². The van der Waals surface area contributed by atoms with Crippen LogP contribution in [0.5, 0.6) is 0 Å². The van der Waals surface area contributed by atoms with Gasteiger partial charge >= 0.3 is 6.03 Å². The van der Waals surface area contributed by atoms with Gasteiger partial charge in [0, 0.05) is 47.5 Å². The third-order valence-corrected chi connectivity index (χ3v) is 5.89. The second-order valence-electron chi connectivity index (χ2n) is 7.64. The monoisotopic (exact) mass is 455 g/mol. The molecule has 160 valence electrons. The lowest BCUT2D eigenvalue weighted by molar-refractivity contribution is 0.208. The van der Waals surface area contributed by atoms with Gasteiger partial charge in [0.15, 0.2) is 5.82 Å². The quantitative estimate of drug-likeness (QED) is 0.572. The number of carbonyl (C=O) groups excluding carboxylic acids is 1. The Morgan fingerprint density at radius 1 is 0.871 bits per heavy atom. The van der Waals surface area contributed by atoms with Crippen LogP contribution in [0.3, 0.4) is 0 Å².